The molecule has 0 atom stereocenters. The van der Waals surface area contributed by atoms with E-state index in [2.05, 4.69) is 66.1 Å². The maximum atomic E-state index is 12.6. The lowest BCUT2D eigenvalue weighted by Crippen LogP contribution is -2.51. The Hall–Kier alpha value is -2.33. The van der Waals surface area contributed by atoms with Crippen LogP contribution in [-0.2, 0) is 11.3 Å². The molecule has 0 spiro atoms. The van der Waals surface area contributed by atoms with E-state index in [1.54, 1.807) is 0 Å². The van der Waals surface area contributed by atoms with Gasteiger partial charge in [0.15, 0.2) is 0 Å². The average molecular weight is 351 g/mol. The van der Waals surface area contributed by atoms with Crippen LogP contribution in [0.25, 0.3) is 0 Å². The summed E-state index contributed by atoms with van der Waals surface area (Å²) >= 11 is 0. The predicted molar refractivity (Wildman–Crippen MR) is 107 cm³/mol. The van der Waals surface area contributed by atoms with Crippen molar-refractivity contribution in [2.24, 2.45) is 0 Å². The second kappa shape index (κ2) is 8.37. The number of hydrogen-bond acceptors (Lipinski definition) is 3. The molecule has 3 rings (SSSR count). The zero-order valence-corrected chi connectivity index (χ0v) is 16.1. The van der Waals surface area contributed by atoms with Crippen LogP contribution in [0.1, 0.15) is 16.7 Å². The number of carbonyl (C=O) groups excluding carboxylic acids is 1. The molecule has 2 aromatic carbocycles. The molecule has 1 aliphatic rings. The van der Waals surface area contributed by atoms with Crippen molar-refractivity contribution in [1.82, 2.24) is 9.80 Å². The Morgan fingerprint density at radius 2 is 1.69 bits per heavy atom. The second-order valence-corrected chi connectivity index (χ2v) is 7.31. The average Bonchev–Trinajstić information content (AvgIpc) is 2.65. The fourth-order valence-electron chi connectivity index (χ4n) is 3.55. The van der Waals surface area contributed by atoms with Gasteiger partial charge in [-0.1, -0.05) is 42.0 Å². The minimum atomic E-state index is 0.227. The second-order valence-electron chi connectivity index (χ2n) is 7.31. The third kappa shape index (κ3) is 4.64. The smallest absolute Gasteiger partial charge is 0.236 e. The van der Waals surface area contributed by atoms with E-state index >= 15 is 0 Å². The summed E-state index contributed by atoms with van der Waals surface area (Å²) in [5.74, 6) is 0.227. The molecule has 0 N–H and O–H groups in total. The van der Waals surface area contributed by atoms with Crippen LogP contribution in [0.5, 0.6) is 0 Å². The van der Waals surface area contributed by atoms with Crippen LogP contribution in [0.4, 0.5) is 5.69 Å². The van der Waals surface area contributed by atoms with Gasteiger partial charge in [-0.3, -0.25) is 9.69 Å². The summed E-state index contributed by atoms with van der Waals surface area (Å²) in [7, 11) is 2.03. The number of hydrogen-bond donors (Lipinski definition) is 0. The van der Waals surface area contributed by atoms with Gasteiger partial charge < -0.3 is 9.80 Å². The van der Waals surface area contributed by atoms with Crippen LogP contribution in [0, 0.1) is 13.8 Å². The first kappa shape index (κ1) is 18.5. The van der Waals surface area contributed by atoms with Crippen molar-refractivity contribution in [1.29, 1.82) is 0 Å². The van der Waals surface area contributed by atoms with Gasteiger partial charge in [0.2, 0.25) is 5.91 Å². The quantitative estimate of drug-likeness (QED) is 0.828. The summed E-state index contributed by atoms with van der Waals surface area (Å²) in [5, 5.41) is 0. The number of amides is 1. The Morgan fingerprint density at radius 1 is 1.00 bits per heavy atom. The van der Waals surface area contributed by atoms with E-state index in [1.807, 2.05) is 18.0 Å². The van der Waals surface area contributed by atoms with Crippen molar-refractivity contribution in [3.05, 3.63) is 65.2 Å². The minimum Gasteiger partial charge on any atom is -0.368 e. The lowest BCUT2D eigenvalue weighted by atomic mass is 10.1. The number of rotatable bonds is 5. The lowest BCUT2D eigenvalue weighted by molar-refractivity contribution is -0.132. The molecule has 0 radical (unpaired) electrons. The van der Waals surface area contributed by atoms with Crippen LogP contribution < -0.4 is 4.90 Å². The molecule has 0 bridgehead atoms. The molecule has 0 aromatic heterocycles. The first-order valence-corrected chi connectivity index (χ1v) is 9.35. The lowest BCUT2D eigenvalue weighted by Gasteiger charge is -2.36. The van der Waals surface area contributed by atoms with Gasteiger partial charge in [-0.05, 0) is 44.2 Å². The number of benzene rings is 2. The molecule has 4 heteroatoms. The van der Waals surface area contributed by atoms with Crippen molar-refractivity contribution < 1.29 is 4.79 Å². The maximum Gasteiger partial charge on any atom is 0.236 e. The number of aryl methyl sites for hydroxylation is 2. The van der Waals surface area contributed by atoms with Crippen LogP contribution in [0.15, 0.2) is 48.5 Å². The molecule has 1 saturated heterocycles. The molecular weight excluding hydrogens is 322 g/mol. The summed E-state index contributed by atoms with van der Waals surface area (Å²) in [4.78, 5) is 19.1. The van der Waals surface area contributed by atoms with E-state index in [4.69, 9.17) is 0 Å². The number of carbonyl (C=O) groups is 1. The predicted octanol–water partition coefficient (Wildman–Crippen LogP) is 3.08. The molecule has 1 fully saturated rings. The van der Waals surface area contributed by atoms with Gasteiger partial charge in [-0.2, -0.15) is 0 Å². The topological polar surface area (TPSA) is 26.8 Å². The SMILES string of the molecule is Cc1ccc(CN(C)CC(=O)N2CCN(c3ccccc3)CC2)c(C)c1. The summed E-state index contributed by atoms with van der Waals surface area (Å²) < 4.78 is 0. The van der Waals surface area contributed by atoms with E-state index in [0.717, 1.165) is 32.7 Å². The number of anilines is 1. The van der Waals surface area contributed by atoms with Crippen molar-refractivity contribution in [3.63, 3.8) is 0 Å². The number of likely N-dealkylation sites (N-methyl/N-ethyl adjacent to an activating group) is 1. The first-order chi connectivity index (χ1) is 12.5. The fraction of sp³-hybridized carbons (Fsp3) is 0.409. The Labute approximate surface area is 157 Å². The molecular formula is C22H29N3O. The van der Waals surface area contributed by atoms with Crippen molar-refractivity contribution in [3.8, 4) is 0 Å². The van der Waals surface area contributed by atoms with E-state index in [-0.39, 0.29) is 5.91 Å². The highest BCUT2D eigenvalue weighted by atomic mass is 16.2. The van der Waals surface area contributed by atoms with Crippen LogP contribution >= 0.6 is 0 Å². The zero-order chi connectivity index (χ0) is 18.5. The van der Waals surface area contributed by atoms with E-state index in [0.29, 0.717) is 6.54 Å². The number of piperazine rings is 1. The van der Waals surface area contributed by atoms with Gasteiger partial charge in [0.1, 0.15) is 0 Å². The van der Waals surface area contributed by atoms with Crippen molar-refractivity contribution >= 4 is 11.6 Å². The Morgan fingerprint density at radius 3 is 2.35 bits per heavy atom. The van der Waals surface area contributed by atoms with E-state index in [9.17, 15) is 4.79 Å². The molecule has 138 valence electrons. The third-order valence-corrected chi connectivity index (χ3v) is 5.10. The highest BCUT2D eigenvalue weighted by molar-refractivity contribution is 5.78. The number of nitrogens with zero attached hydrogens (tertiary/aromatic N) is 3. The number of para-hydroxylation sites is 1. The van der Waals surface area contributed by atoms with Crippen molar-refractivity contribution in [2.45, 2.75) is 20.4 Å². The molecule has 1 aliphatic heterocycles. The Balaban J connectivity index is 1.49. The van der Waals surface area contributed by atoms with Crippen molar-refractivity contribution in [2.75, 3.05) is 44.7 Å². The van der Waals surface area contributed by atoms with Gasteiger partial charge in [-0.15, -0.1) is 0 Å². The summed E-state index contributed by atoms with van der Waals surface area (Å²) in [6.45, 7) is 8.92. The van der Waals surface area contributed by atoms with Gasteiger partial charge >= 0.3 is 0 Å². The molecule has 0 aliphatic carbocycles. The first-order valence-electron chi connectivity index (χ1n) is 9.35. The third-order valence-electron chi connectivity index (χ3n) is 5.10. The minimum absolute atomic E-state index is 0.227. The molecule has 2 aromatic rings. The summed E-state index contributed by atoms with van der Waals surface area (Å²) in [6.07, 6.45) is 0. The Kier molecular flexibility index (Phi) is 5.94. The molecule has 0 unspecified atom stereocenters. The Bertz CT molecular complexity index is 736. The molecule has 26 heavy (non-hydrogen) atoms. The standard InChI is InChI=1S/C22H29N3O/c1-18-9-10-20(19(2)15-18)16-23(3)17-22(26)25-13-11-24(12-14-25)21-7-5-4-6-8-21/h4-10,15H,11-14,16-17H2,1-3H3. The highest BCUT2D eigenvalue weighted by Gasteiger charge is 2.22. The molecule has 1 heterocycles. The molecule has 1 amide bonds. The van der Waals surface area contributed by atoms with E-state index < -0.39 is 0 Å². The van der Waals surface area contributed by atoms with Crippen LogP contribution in [0.2, 0.25) is 0 Å². The van der Waals surface area contributed by atoms with Crippen LogP contribution in [-0.4, -0.2) is 55.5 Å². The molecule has 4 nitrogen and oxygen atoms in total. The van der Waals surface area contributed by atoms with Gasteiger partial charge in [-0.25, -0.2) is 0 Å². The normalized spacial score (nSPS) is 14.8. The van der Waals surface area contributed by atoms with Gasteiger partial charge in [0.25, 0.3) is 0 Å². The van der Waals surface area contributed by atoms with E-state index in [1.165, 1.54) is 22.4 Å². The summed E-state index contributed by atoms with van der Waals surface area (Å²) in [6, 6.07) is 16.9. The van der Waals surface area contributed by atoms with Gasteiger partial charge in [0.05, 0.1) is 6.54 Å². The highest BCUT2D eigenvalue weighted by Crippen LogP contribution is 2.16. The zero-order valence-electron chi connectivity index (χ0n) is 16.1. The fourth-order valence-corrected chi connectivity index (χ4v) is 3.55. The largest absolute Gasteiger partial charge is 0.368 e. The summed E-state index contributed by atoms with van der Waals surface area (Å²) in [5.41, 5.74) is 5.11. The van der Waals surface area contributed by atoms with Crippen LogP contribution in [0.3, 0.4) is 0 Å². The van der Waals surface area contributed by atoms with Gasteiger partial charge in [0, 0.05) is 38.4 Å². The molecule has 0 saturated carbocycles. The monoisotopic (exact) mass is 351 g/mol. The maximum absolute atomic E-state index is 12.6.